The Kier molecular flexibility index (Phi) is 4.18. The number of fused-ring (bicyclic) bond motifs is 1. The first-order valence-electron chi connectivity index (χ1n) is 8.31. The second-order valence-corrected chi connectivity index (χ2v) is 6.96. The number of amides is 1. The van der Waals surface area contributed by atoms with E-state index in [9.17, 15) is 4.79 Å². The van der Waals surface area contributed by atoms with E-state index in [1.54, 1.807) is 0 Å². The number of rotatable bonds is 3. The van der Waals surface area contributed by atoms with Gasteiger partial charge in [-0.25, -0.2) is 0 Å². The molecule has 0 aromatic heterocycles. The number of carbonyl (C=O) groups excluding carboxylic acids is 1. The molecule has 0 spiro atoms. The molecule has 1 aliphatic heterocycles. The summed E-state index contributed by atoms with van der Waals surface area (Å²) in [4.78, 5) is 12.4. The van der Waals surface area contributed by atoms with Gasteiger partial charge < -0.3 is 10.6 Å². The average Bonchev–Trinajstić information content (AvgIpc) is 2.53. The maximum absolute atomic E-state index is 12.4. The highest BCUT2D eigenvalue weighted by Gasteiger charge is 2.27. The third-order valence-electron chi connectivity index (χ3n) is 5.04. The molecule has 1 heterocycles. The van der Waals surface area contributed by atoms with Crippen molar-refractivity contribution in [3.8, 4) is 0 Å². The van der Waals surface area contributed by atoms with Gasteiger partial charge in [0.25, 0.3) is 5.91 Å². The molecule has 1 amide bonds. The molecule has 21 heavy (non-hydrogen) atoms. The minimum Gasteiger partial charge on any atom is -0.385 e. The molecule has 1 aromatic rings. The first-order chi connectivity index (χ1) is 10.2. The zero-order chi connectivity index (χ0) is 14.7. The van der Waals surface area contributed by atoms with Crippen LogP contribution >= 0.6 is 0 Å². The summed E-state index contributed by atoms with van der Waals surface area (Å²) in [5, 5.41) is 6.54. The maximum atomic E-state index is 12.4. The molecule has 0 atom stereocenters. The molecule has 0 unspecified atom stereocenters. The minimum absolute atomic E-state index is 0.0789. The fourth-order valence-corrected chi connectivity index (χ4v) is 3.59. The number of anilines is 1. The largest absolute Gasteiger partial charge is 0.385 e. The van der Waals surface area contributed by atoms with E-state index >= 15 is 0 Å². The van der Waals surface area contributed by atoms with Gasteiger partial charge in [-0.15, -0.1) is 0 Å². The van der Waals surface area contributed by atoms with E-state index in [1.807, 2.05) is 12.1 Å². The lowest BCUT2D eigenvalue weighted by atomic mass is 9.76. The van der Waals surface area contributed by atoms with E-state index in [4.69, 9.17) is 0 Å². The predicted octanol–water partition coefficient (Wildman–Crippen LogP) is 3.74. The lowest BCUT2D eigenvalue weighted by Gasteiger charge is -2.33. The quantitative estimate of drug-likeness (QED) is 0.888. The fourth-order valence-electron chi connectivity index (χ4n) is 3.59. The third kappa shape index (κ3) is 3.39. The molecule has 1 aromatic carbocycles. The van der Waals surface area contributed by atoms with Gasteiger partial charge in [-0.2, -0.15) is 0 Å². The van der Waals surface area contributed by atoms with Gasteiger partial charge in [0.05, 0.1) is 0 Å². The number of hydrogen-bond donors (Lipinski definition) is 2. The number of benzene rings is 1. The van der Waals surface area contributed by atoms with Crippen LogP contribution in [-0.4, -0.2) is 19.0 Å². The number of carbonyl (C=O) groups is 1. The van der Waals surface area contributed by atoms with Gasteiger partial charge in [-0.05, 0) is 54.9 Å². The van der Waals surface area contributed by atoms with Crippen LogP contribution < -0.4 is 10.6 Å². The van der Waals surface area contributed by atoms with Crippen LogP contribution in [0.4, 0.5) is 5.69 Å². The monoisotopic (exact) mass is 286 g/mol. The molecule has 2 aliphatic rings. The first-order valence-corrected chi connectivity index (χ1v) is 8.31. The van der Waals surface area contributed by atoms with Crippen molar-refractivity contribution < 1.29 is 4.79 Å². The Balaban J connectivity index is 1.62. The summed E-state index contributed by atoms with van der Waals surface area (Å²) in [6.07, 6.45) is 8.65. The molecule has 3 nitrogen and oxygen atoms in total. The van der Waals surface area contributed by atoms with E-state index in [0.717, 1.165) is 31.5 Å². The molecule has 3 heteroatoms. The molecule has 2 N–H and O–H groups in total. The van der Waals surface area contributed by atoms with Crippen molar-refractivity contribution in [1.82, 2.24) is 5.32 Å². The maximum Gasteiger partial charge on any atom is 0.251 e. The van der Waals surface area contributed by atoms with Gasteiger partial charge in [-0.1, -0.05) is 26.2 Å². The third-order valence-corrected chi connectivity index (χ3v) is 5.04. The highest BCUT2D eigenvalue weighted by atomic mass is 16.1. The van der Waals surface area contributed by atoms with Crippen molar-refractivity contribution in [3.05, 3.63) is 29.3 Å². The highest BCUT2D eigenvalue weighted by molar-refractivity contribution is 5.95. The molecule has 1 aliphatic carbocycles. The van der Waals surface area contributed by atoms with Crippen molar-refractivity contribution in [2.24, 2.45) is 5.41 Å². The topological polar surface area (TPSA) is 41.1 Å². The molecule has 114 valence electrons. The van der Waals surface area contributed by atoms with Gasteiger partial charge in [0.15, 0.2) is 0 Å². The summed E-state index contributed by atoms with van der Waals surface area (Å²) >= 11 is 0. The molecule has 0 bridgehead atoms. The average molecular weight is 286 g/mol. The lowest BCUT2D eigenvalue weighted by Crippen LogP contribution is -2.37. The second kappa shape index (κ2) is 6.08. The molecule has 0 radical (unpaired) electrons. The zero-order valence-electron chi connectivity index (χ0n) is 13.0. The number of hydrogen-bond acceptors (Lipinski definition) is 2. The van der Waals surface area contributed by atoms with Crippen LogP contribution in [0.15, 0.2) is 18.2 Å². The summed E-state index contributed by atoms with van der Waals surface area (Å²) in [5.41, 5.74) is 3.57. The van der Waals surface area contributed by atoms with E-state index in [1.165, 1.54) is 43.4 Å². The Hall–Kier alpha value is -1.51. The van der Waals surface area contributed by atoms with Crippen LogP contribution in [-0.2, 0) is 6.42 Å². The molecule has 3 rings (SSSR count). The summed E-state index contributed by atoms with van der Waals surface area (Å²) < 4.78 is 0. The van der Waals surface area contributed by atoms with Gasteiger partial charge >= 0.3 is 0 Å². The Bertz CT molecular complexity index is 518. The Morgan fingerprint density at radius 3 is 2.86 bits per heavy atom. The molecule has 1 fully saturated rings. The zero-order valence-corrected chi connectivity index (χ0v) is 13.0. The second-order valence-electron chi connectivity index (χ2n) is 6.96. The van der Waals surface area contributed by atoms with E-state index in [-0.39, 0.29) is 5.91 Å². The molecule has 1 saturated carbocycles. The number of nitrogens with one attached hydrogen (secondary N) is 2. The van der Waals surface area contributed by atoms with Crippen LogP contribution in [0, 0.1) is 5.41 Å². The van der Waals surface area contributed by atoms with Gasteiger partial charge in [0, 0.05) is 24.3 Å². The molecular formula is C18H26N2O. The van der Waals surface area contributed by atoms with Crippen molar-refractivity contribution in [3.63, 3.8) is 0 Å². The van der Waals surface area contributed by atoms with E-state index < -0.39 is 0 Å². The SMILES string of the molecule is CC1(CNC(=O)c2ccc3c(c2)CCCN3)CCCCC1. The lowest BCUT2D eigenvalue weighted by molar-refractivity contribution is 0.0919. The predicted molar refractivity (Wildman–Crippen MR) is 86.8 cm³/mol. The van der Waals surface area contributed by atoms with Gasteiger partial charge in [0.2, 0.25) is 0 Å². The van der Waals surface area contributed by atoms with Crippen molar-refractivity contribution in [2.75, 3.05) is 18.4 Å². The van der Waals surface area contributed by atoms with Gasteiger partial charge in [-0.3, -0.25) is 4.79 Å². The van der Waals surface area contributed by atoms with Crippen molar-refractivity contribution in [2.45, 2.75) is 51.9 Å². The van der Waals surface area contributed by atoms with Crippen LogP contribution in [0.25, 0.3) is 0 Å². The fraction of sp³-hybridized carbons (Fsp3) is 0.611. The van der Waals surface area contributed by atoms with Gasteiger partial charge in [0.1, 0.15) is 0 Å². The summed E-state index contributed by atoms with van der Waals surface area (Å²) in [6.45, 7) is 4.15. The minimum atomic E-state index is 0.0789. The number of aryl methyl sites for hydroxylation is 1. The standard InChI is InChI=1S/C18H26N2O/c1-18(9-3-2-4-10-18)13-20-17(21)15-7-8-16-14(12-15)6-5-11-19-16/h7-8,12,19H,2-6,9-11,13H2,1H3,(H,20,21). The summed E-state index contributed by atoms with van der Waals surface area (Å²) in [7, 11) is 0. The first kappa shape index (κ1) is 14.4. The van der Waals surface area contributed by atoms with E-state index in [2.05, 4.69) is 23.6 Å². The summed E-state index contributed by atoms with van der Waals surface area (Å²) in [5.74, 6) is 0.0789. The van der Waals surface area contributed by atoms with Crippen LogP contribution in [0.3, 0.4) is 0 Å². The summed E-state index contributed by atoms with van der Waals surface area (Å²) in [6, 6.07) is 6.04. The normalized spacial score (nSPS) is 20.2. The van der Waals surface area contributed by atoms with Crippen LogP contribution in [0.5, 0.6) is 0 Å². The Labute approximate surface area is 127 Å². The Morgan fingerprint density at radius 2 is 2.05 bits per heavy atom. The van der Waals surface area contributed by atoms with Crippen molar-refractivity contribution in [1.29, 1.82) is 0 Å². The van der Waals surface area contributed by atoms with Crippen LogP contribution in [0.1, 0.15) is 61.4 Å². The molecule has 0 saturated heterocycles. The van der Waals surface area contributed by atoms with E-state index in [0.29, 0.717) is 5.41 Å². The molecular weight excluding hydrogens is 260 g/mol. The van der Waals surface area contributed by atoms with Crippen LogP contribution in [0.2, 0.25) is 0 Å². The smallest absolute Gasteiger partial charge is 0.251 e. The van der Waals surface area contributed by atoms with Crippen molar-refractivity contribution >= 4 is 11.6 Å². The highest BCUT2D eigenvalue weighted by Crippen LogP contribution is 2.35. The Morgan fingerprint density at radius 1 is 1.24 bits per heavy atom.